The SMILES string of the molecule is Cn1c(-c2ccccc2)cnc1-c1[c-]coc1.Cn1cc[c-]c1-n1cccn1.[Ir]. The molecule has 0 aliphatic carbocycles. The Kier molecular flexibility index (Phi) is 6.65. The molecule has 6 nitrogen and oxygen atoms in total. The van der Waals surface area contributed by atoms with Gasteiger partial charge in [0, 0.05) is 63.6 Å². The van der Waals surface area contributed by atoms with Crippen LogP contribution in [0.2, 0.25) is 0 Å². The maximum atomic E-state index is 5.03. The van der Waals surface area contributed by atoms with E-state index in [2.05, 4.69) is 34.3 Å². The van der Waals surface area contributed by atoms with Crippen LogP contribution in [0.3, 0.4) is 0 Å². The van der Waals surface area contributed by atoms with Gasteiger partial charge in [0.05, 0.1) is 5.69 Å². The zero-order chi connectivity index (χ0) is 19.3. The minimum absolute atomic E-state index is 0. The molecule has 0 fully saturated rings. The molecule has 0 saturated carbocycles. The molecule has 149 valence electrons. The second-order valence-electron chi connectivity index (χ2n) is 6.17. The van der Waals surface area contributed by atoms with E-state index in [9.17, 15) is 0 Å². The zero-order valence-corrected chi connectivity index (χ0v) is 18.4. The van der Waals surface area contributed by atoms with Crippen molar-refractivity contribution in [2.75, 3.05) is 0 Å². The van der Waals surface area contributed by atoms with Gasteiger partial charge in [-0.05, 0) is 24.9 Å². The van der Waals surface area contributed by atoms with Crippen LogP contribution < -0.4 is 0 Å². The fourth-order valence-corrected chi connectivity index (χ4v) is 2.91. The Morgan fingerprint density at radius 1 is 1.00 bits per heavy atom. The van der Waals surface area contributed by atoms with Crippen molar-refractivity contribution in [2.45, 2.75) is 0 Å². The van der Waals surface area contributed by atoms with Gasteiger partial charge in [0.2, 0.25) is 0 Å². The van der Waals surface area contributed by atoms with Crippen molar-refractivity contribution in [3.05, 3.63) is 91.9 Å². The van der Waals surface area contributed by atoms with Crippen molar-refractivity contribution in [1.82, 2.24) is 23.9 Å². The van der Waals surface area contributed by atoms with E-state index < -0.39 is 0 Å². The van der Waals surface area contributed by atoms with Gasteiger partial charge >= 0.3 is 0 Å². The van der Waals surface area contributed by atoms with E-state index in [1.54, 1.807) is 17.1 Å². The number of aryl methyl sites for hydroxylation is 1. The monoisotopic (exact) mass is 562 g/mol. The largest absolute Gasteiger partial charge is 0.543 e. The van der Waals surface area contributed by atoms with Crippen molar-refractivity contribution >= 4 is 0 Å². The van der Waals surface area contributed by atoms with Gasteiger partial charge in [-0.2, -0.15) is 5.10 Å². The second-order valence-corrected chi connectivity index (χ2v) is 6.17. The van der Waals surface area contributed by atoms with Gasteiger partial charge in [0.1, 0.15) is 0 Å². The summed E-state index contributed by atoms with van der Waals surface area (Å²) in [6.07, 6.45) is 10.6. The van der Waals surface area contributed by atoms with Gasteiger partial charge in [-0.3, -0.25) is 0 Å². The Labute approximate surface area is 182 Å². The number of aromatic nitrogens is 5. The average Bonchev–Trinajstić information content (AvgIpc) is 3.51. The summed E-state index contributed by atoms with van der Waals surface area (Å²) in [6.45, 7) is 0. The number of benzene rings is 1. The minimum atomic E-state index is 0. The summed E-state index contributed by atoms with van der Waals surface area (Å²) in [5, 5.41) is 4.08. The van der Waals surface area contributed by atoms with Gasteiger partial charge in [-0.1, -0.05) is 30.3 Å². The molecule has 7 heteroatoms. The first-order valence-corrected chi connectivity index (χ1v) is 8.78. The van der Waals surface area contributed by atoms with Crippen molar-refractivity contribution < 1.29 is 24.5 Å². The smallest absolute Gasteiger partial charge is 0.0557 e. The maximum absolute atomic E-state index is 5.03. The first kappa shape index (κ1) is 20.6. The molecule has 4 aromatic heterocycles. The van der Waals surface area contributed by atoms with E-state index in [4.69, 9.17) is 4.42 Å². The summed E-state index contributed by atoms with van der Waals surface area (Å²) in [7, 11) is 3.96. The first-order valence-electron chi connectivity index (χ1n) is 8.78. The molecular formula is C22H19IrN5O-2. The number of rotatable bonds is 3. The molecule has 0 atom stereocenters. The van der Waals surface area contributed by atoms with Gasteiger partial charge < -0.3 is 18.5 Å². The number of nitrogens with zero attached hydrogens (tertiary/aromatic N) is 5. The van der Waals surface area contributed by atoms with E-state index in [1.165, 1.54) is 6.26 Å². The first-order chi connectivity index (χ1) is 13.7. The Morgan fingerprint density at radius 3 is 2.45 bits per heavy atom. The molecule has 5 aromatic rings. The van der Waals surface area contributed by atoms with Crippen LogP contribution in [0.1, 0.15) is 0 Å². The fourth-order valence-electron chi connectivity index (χ4n) is 2.91. The predicted octanol–water partition coefficient (Wildman–Crippen LogP) is 4.16. The number of hydrogen-bond acceptors (Lipinski definition) is 3. The predicted molar refractivity (Wildman–Crippen MR) is 107 cm³/mol. The zero-order valence-electron chi connectivity index (χ0n) is 16.0. The number of hydrogen-bond donors (Lipinski definition) is 0. The molecule has 1 radical (unpaired) electrons. The molecule has 0 amide bonds. The molecule has 0 saturated heterocycles. The molecule has 0 aliphatic rings. The molecule has 0 aliphatic heterocycles. The quantitative estimate of drug-likeness (QED) is 0.311. The van der Waals surface area contributed by atoms with E-state index in [0.29, 0.717) is 0 Å². The van der Waals surface area contributed by atoms with Crippen molar-refractivity contribution in [2.24, 2.45) is 14.1 Å². The fraction of sp³-hybridized carbons (Fsp3) is 0.0909. The average molecular weight is 562 g/mol. The van der Waals surface area contributed by atoms with Crippen molar-refractivity contribution in [3.63, 3.8) is 0 Å². The molecule has 29 heavy (non-hydrogen) atoms. The molecule has 5 rings (SSSR count). The third-order valence-electron chi connectivity index (χ3n) is 4.33. The summed E-state index contributed by atoms with van der Waals surface area (Å²) in [4.78, 5) is 4.41. The second kappa shape index (κ2) is 9.36. The third kappa shape index (κ3) is 4.47. The van der Waals surface area contributed by atoms with E-state index in [0.717, 1.165) is 28.5 Å². The molecule has 0 N–H and O–H groups in total. The topological polar surface area (TPSA) is 53.7 Å². The summed E-state index contributed by atoms with van der Waals surface area (Å²) in [5.74, 6) is 1.81. The van der Waals surface area contributed by atoms with E-state index >= 15 is 0 Å². The van der Waals surface area contributed by atoms with Crippen LogP contribution in [0.25, 0.3) is 28.5 Å². The van der Waals surface area contributed by atoms with Gasteiger partial charge in [0.15, 0.2) is 0 Å². The molecule has 0 bridgehead atoms. The molecule has 0 spiro atoms. The van der Waals surface area contributed by atoms with Gasteiger partial charge in [-0.25, -0.2) is 16.8 Å². The summed E-state index contributed by atoms with van der Waals surface area (Å²) < 4.78 is 10.8. The van der Waals surface area contributed by atoms with Crippen LogP contribution in [-0.4, -0.2) is 23.9 Å². The van der Waals surface area contributed by atoms with Crippen molar-refractivity contribution in [3.8, 4) is 28.5 Å². The molecule has 4 heterocycles. The normalized spacial score (nSPS) is 10.1. The standard InChI is InChI=1S/C14H11N2O.C8H8N3.Ir/c1-16-13(11-5-3-2-4-6-11)9-15-14(16)12-7-8-17-10-12;1-10-6-2-4-8(10)11-7-3-5-9-11;/h2-6,8-10H,1H3;2-3,5-7H,1H3;/q2*-1;. The van der Waals surface area contributed by atoms with Crippen LogP contribution in [0.15, 0.2) is 84.2 Å². The Bertz CT molecular complexity index is 1130. The van der Waals surface area contributed by atoms with Crippen LogP contribution >= 0.6 is 0 Å². The molecule has 0 unspecified atom stereocenters. The summed E-state index contributed by atoms with van der Waals surface area (Å²) in [5.41, 5.74) is 3.10. The summed E-state index contributed by atoms with van der Waals surface area (Å²) in [6, 6.07) is 20.0. The van der Waals surface area contributed by atoms with Crippen molar-refractivity contribution in [1.29, 1.82) is 0 Å². The van der Waals surface area contributed by atoms with Crippen LogP contribution in [-0.2, 0) is 34.2 Å². The van der Waals surface area contributed by atoms with Crippen LogP contribution in [0.5, 0.6) is 0 Å². The molecule has 1 aromatic carbocycles. The Morgan fingerprint density at radius 2 is 1.83 bits per heavy atom. The number of furan rings is 1. The van der Waals surface area contributed by atoms with E-state index in [1.807, 2.05) is 72.2 Å². The van der Waals surface area contributed by atoms with E-state index in [-0.39, 0.29) is 20.1 Å². The van der Waals surface area contributed by atoms with Gasteiger partial charge in [0.25, 0.3) is 0 Å². The van der Waals surface area contributed by atoms with Crippen LogP contribution in [0, 0.1) is 12.1 Å². The summed E-state index contributed by atoms with van der Waals surface area (Å²) >= 11 is 0. The maximum Gasteiger partial charge on any atom is 0.0557 e. The number of imidazole rings is 1. The third-order valence-corrected chi connectivity index (χ3v) is 4.33. The van der Waals surface area contributed by atoms with Crippen LogP contribution in [0.4, 0.5) is 0 Å². The Hall–Kier alpha value is -3.15. The van der Waals surface area contributed by atoms with Gasteiger partial charge in [-0.15, -0.1) is 17.8 Å². The Balaban J connectivity index is 0.000000174. The minimum Gasteiger partial charge on any atom is -0.543 e. The molecular weight excluding hydrogens is 542 g/mol.